The van der Waals surface area contributed by atoms with Gasteiger partial charge in [0.25, 0.3) is 0 Å². The number of aromatic amines is 1. The van der Waals surface area contributed by atoms with E-state index in [-0.39, 0.29) is 13.0 Å². The fourth-order valence-electron chi connectivity index (χ4n) is 3.37. The Morgan fingerprint density at radius 2 is 1.67 bits per heavy atom. The van der Waals surface area contributed by atoms with Gasteiger partial charge in [-0.3, -0.25) is 0 Å². The molecule has 170 valence electrons. The first kappa shape index (κ1) is 22.3. The van der Waals surface area contributed by atoms with Crippen LogP contribution in [0.5, 0.6) is 11.5 Å². The molecule has 8 heteroatoms. The van der Waals surface area contributed by atoms with Crippen LogP contribution in [0, 0.1) is 0 Å². The molecule has 1 atom stereocenters. The van der Waals surface area contributed by atoms with Gasteiger partial charge < -0.3 is 19.6 Å². The molecule has 1 unspecified atom stereocenters. The zero-order valence-corrected chi connectivity index (χ0v) is 17.3. The summed E-state index contributed by atoms with van der Waals surface area (Å²) in [6.45, 7) is 0.118. The van der Waals surface area contributed by atoms with Crippen molar-refractivity contribution >= 4 is 16.9 Å². The van der Waals surface area contributed by atoms with Crippen LogP contribution in [0.1, 0.15) is 16.8 Å². The number of carboxylic acids is 1. The monoisotopic (exact) mass is 455 g/mol. The molecule has 33 heavy (non-hydrogen) atoms. The molecule has 0 bridgehead atoms. The molecule has 5 nitrogen and oxygen atoms in total. The highest BCUT2D eigenvalue weighted by Crippen LogP contribution is 2.29. The van der Waals surface area contributed by atoms with Gasteiger partial charge in [0.1, 0.15) is 18.1 Å². The zero-order chi connectivity index (χ0) is 23.4. The SMILES string of the molecule is O=C(O)C(Cc1cc2cc(OCc3ccc(C(F)(F)F)cc3)ccc2[nH]1)Oc1ccccc1. The third-order valence-corrected chi connectivity index (χ3v) is 5.04. The predicted molar refractivity (Wildman–Crippen MR) is 116 cm³/mol. The van der Waals surface area contributed by atoms with Crippen LogP contribution in [-0.2, 0) is 24.0 Å². The van der Waals surface area contributed by atoms with Gasteiger partial charge in [-0.05, 0) is 54.1 Å². The lowest BCUT2D eigenvalue weighted by Gasteiger charge is -2.14. The molecule has 0 amide bonds. The van der Waals surface area contributed by atoms with Gasteiger partial charge in [-0.25, -0.2) is 4.79 Å². The lowest BCUT2D eigenvalue weighted by atomic mass is 10.1. The van der Waals surface area contributed by atoms with Crippen LogP contribution >= 0.6 is 0 Å². The molecule has 0 aliphatic heterocycles. The molecular formula is C25H20F3NO4. The summed E-state index contributed by atoms with van der Waals surface area (Å²) in [6, 6.07) is 20.7. The van der Waals surface area contributed by atoms with Crippen molar-refractivity contribution in [2.75, 3.05) is 0 Å². The second-order valence-electron chi connectivity index (χ2n) is 7.49. The number of alkyl halides is 3. The molecule has 1 heterocycles. The summed E-state index contributed by atoms with van der Waals surface area (Å²) in [5.74, 6) is -0.0543. The molecule has 0 radical (unpaired) electrons. The fraction of sp³-hybridized carbons (Fsp3) is 0.160. The second kappa shape index (κ2) is 9.28. The normalized spacial score (nSPS) is 12.5. The Hall–Kier alpha value is -3.94. The van der Waals surface area contributed by atoms with Crippen molar-refractivity contribution in [3.05, 3.63) is 95.7 Å². The maximum atomic E-state index is 12.7. The molecule has 0 fully saturated rings. The van der Waals surface area contributed by atoms with Crippen LogP contribution < -0.4 is 9.47 Å². The number of para-hydroxylation sites is 1. The first-order valence-corrected chi connectivity index (χ1v) is 10.1. The quantitative estimate of drug-likeness (QED) is 0.350. The Balaban J connectivity index is 1.43. The van der Waals surface area contributed by atoms with Gasteiger partial charge in [0.2, 0.25) is 6.10 Å². The van der Waals surface area contributed by atoms with E-state index in [0.29, 0.717) is 22.8 Å². The number of nitrogens with one attached hydrogen (secondary N) is 1. The molecule has 0 spiro atoms. The van der Waals surface area contributed by atoms with E-state index in [1.165, 1.54) is 12.1 Å². The highest BCUT2D eigenvalue weighted by Gasteiger charge is 2.29. The first-order valence-electron chi connectivity index (χ1n) is 10.1. The zero-order valence-electron chi connectivity index (χ0n) is 17.3. The van der Waals surface area contributed by atoms with Crippen molar-refractivity contribution in [1.82, 2.24) is 4.98 Å². The number of aromatic nitrogens is 1. The van der Waals surface area contributed by atoms with Gasteiger partial charge in [0, 0.05) is 23.0 Å². The third-order valence-electron chi connectivity index (χ3n) is 5.04. The van der Waals surface area contributed by atoms with Crippen molar-refractivity contribution in [3.8, 4) is 11.5 Å². The molecule has 0 aliphatic carbocycles. The molecule has 0 aliphatic rings. The van der Waals surface area contributed by atoms with E-state index in [1.54, 1.807) is 42.5 Å². The minimum atomic E-state index is -4.37. The number of halogens is 3. The average Bonchev–Trinajstić information content (AvgIpc) is 3.19. The maximum Gasteiger partial charge on any atom is 0.416 e. The lowest BCUT2D eigenvalue weighted by molar-refractivity contribution is -0.145. The minimum absolute atomic E-state index is 0.118. The number of rotatable bonds is 8. The molecule has 4 rings (SSSR count). The summed E-state index contributed by atoms with van der Waals surface area (Å²) < 4.78 is 49.4. The van der Waals surface area contributed by atoms with E-state index < -0.39 is 23.8 Å². The van der Waals surface area contributed by atoms with E-state index >= 15 is 0 Å². The van der Waals surface area contributed by atoms with Crippen LogP contribution in [0.3, 0.4) is 0 Å². The number of carbonyl (C=O) groups is 1. The minimum Gasteiger partial charge on any atom is -0.489 e. The maximum absolute atomic E-state index is 12.7. The molecule has 3 aromatic carbocycles. The summed E-state index contributed by atoms with van der Waals surface area (Å²) in [5.41, 5.74) is 1.40. The van der Waals surface area contributed by atoms with Gasteiger partial charge in [0.15, 0.2) is 0 Å². The summed E-state index contributed by atoms with van der Waals surface area (Å²) >= 11 is 0. The number of hydrogen-bond donors (Lipinski definition) is 2. The molecule has 0 saturated carbocycles. The largest absolute Gasteiger partial charge is 0.489 e. The summed E-state index contributed by atoms with van der Waals surface area (Å²) in [6.07, 6.45) is -5.29. The number of ether oxygens (including phenoxy) is 2. The average molecular weight is 455 g/mol. The Morgan fingerprint density at radius 3 is 2.33 bits per heavy atom. The molecule has 4 aromatic rings. The predicted octanol–water partition coefficient (Wildman–Crippen LogP) is 5.84. The van der Waals surface area contributed by atoms with E-state index in [2.05, 4.69) is 4.98 Å². The number of aliphatic carboxylic acids is 1. The first-order chi connectivity index (χ1) is 15.8. The Bertz CT molecular complexity index is 1230. The highest BCUT2D eigenvalue weighted by molar-refractivity contribution is 5.82. The summed E-state index contributed by atoms with van der Waals surface area (Å²) in [7, 11) is 0. The third kappa shape index (κ3) is 5.65. The van der Waals surface area contributed by atoms with Crippen molar-refractivity contribution in [2.45, 2.75) is 25.3 Å². The van der Waals surface area contributed by atoms with Crippen LogP contribution in [0.15, 0.2) is 78.9 Å². The topological polar surface area (TPSA) is 71.5 Å². The smallest absolute Gasteiger partial charge is 0.416 e. The number of benzene rings is 3. The van der Waals surface area contributed by atoms with Gasteiger partial charge >= 0.3 is 12.1 Å². The summed E-state index contributed by atoms with van der Waals surface area (Å²) in [4.78, 5) is 14.8. The standard InChI is InChI=1S/C25H20F3NO4/c26-25(27,28)18-8-6-16(7-9-18)15-32-21-10-11-22-17(13-21)12-19(29-22)14-23(24(30)31)33-20-4-2-1-3-5-20/h1-13,23,29H,14-15H2,(H,30,31). The van der Waals surface area contributed by atoms with Gasteiger partial charge in [-0.15, -0.1) is 0 Å². The van der Waals surface area contributed by atoms with Gasteiger partial charge in [0.05, 0.1) is 5.56 Å². The Morgan fingerprint density at radius 1 is 0.939 bits per heavy atom. The van der Waals surface area contributed by atoms with Crippen molar-refractivity contribution in [3.63, 3.8) is 0 Å². The Kier molecular flexibility index (Phi) is 6.26. The highest BCUT2D eigenvalue weighted by atomic mass is 19.4. The van der Waals surface area contributed by atoms with Crippen LogP contribution in [-0.4, -0.2) is 22.2 Å². The number of carboxylic acid groups (broad SMARTS) is 1. The van der Waals surface area contributed by atoms with E-state index in [9.17, 15) is 23.1 Å². The fourth-order valence-corrected chi connectivity index (χ4v) is 3.37. The Labute approximate surface area is 187 Å². The van der Waals surface area contributed by atoms with Crippen molar-refractivity contribution in [1.29, 1.82) is 0 Å². The molecule has 1 aromatic heterocycles. The van der Waals surface area contributed by atoms with E-state index in [0.717, 1.165) is 23.0 Å². The van der Waals surface area contributed by atoms with Gasteiger partial charge in [-0.2, -0.15) is 13.2 Å². The molecule has 2 N–H and O–H groups in total. The molecular weight excluding hydrogens is 435 g/mol. The number of hydrogen-bond acceptors (Lipinski definition) is 3. The van der Waals surface area contributed by atoms with Crippen molar-refractivity contribution in [2.24, 2.45) is 0 Å². The number of fused-ring (bicyclic) bond motifs is 1. The lowest BCUT2D eigenvalue weighted by Crippen LogP contribution is -2.29. The van der Waals surface area contributed by atoms with Crippen LogP contribution in [0.25, 0.3) is 10.9 Å². The van der Waals surface area contributed by atoms with E-state index in [1.807, 2.05) is 12.1 Å². The van der Waals surface area contributed by atoms with Crippen LogP contribution in [0.4, 0.5) is 13.2 Å². The van der Waals surface area contributed by atoms with E-state index in [4.69, 9.17) is 9.47 Å². The number of H-pyrrole nitrogens is 1. The van der Waals surface area contributed by atoms with Crippen LogP contribution in [0.2, 0.25) is 0 Å². The van der Waals surface area contributed by atoms with Crippen molar-refractivity contribution < 1.29 is 32.5 Å². The van der Waals surface area contributed by atoms with Gasteiger partial charge in [-0.1, -0.05) is 30.3 Å². The second-order valence-corrected chi connectivity index (χ2v) is 7.49. The molecule has 0 saturated heterocycles. The summed E-state index contributed by atoms with van der Waals surface area (Å²) in [5, 5.41) is 10.4.